The first-order valence-corrected chi connectivity index (χ1v) is 6.82. The van der Waals surface area contributed by atoms with E-state index in [9.17, 15) is 5.11 Å². The van der Waals surface area contributed by atoms with Gasteiger partial charge in [0.05, 0.1) is 6.10 Å². The van der Waals surface area contributed by atoms with Crippen molar-refractivity contribution in [2.45, 2.75) is 26.4 Å². The molecule has 4 nitrogen and oxygen atoms in total. The van der Waals surface area contributed by atoms with E-state index >= 15 is 0 Å². The molecule has 0 radical (unpaired) electrons. The van der Waals surface area contributed by atoms with Crippen LogP contribution in [0.3, 0.4) is 0 Å². The zero-order valence-corrected chi connectivity index (χ0v) is 11.9. The normalized spacial score (nSPS) is 15.3. The van der Waals surface area contributed by atoms with Crippen molar-refractivity contribution in [3.05, 3.63) is 23.8 Å². The lowest BCUT2D eigenvalue weighted by Crippen LogP contribution is -2.26. The van der Waals surface area contributed by atoms with Gasteiger partial charge in [0, 0.05) is 6.54 Å². The molecule has 4 heteroatoms. The van der Waals surface area contributed by atoms with E-state index in [-0.39, 0.29) is 6.79 Å². The largest absolute Gasteiger partial charge is 0.454 e. The summed E-state index contributed by atoms with van der Waals surface area (Å²) in [6.45, 7) is 6.32. The van der Waals surface area contributed by atoms with Gasteiger partial charge in [-0.1, -0.05) is 19.9 Å². The summed E-state index contributed by atoms with van der Waals surface area (Å²) in [4.78, 5) is 2.16. The molecule has 0 spiro atoms. The number of likely N-dealkylation sites (N-methyl/N-ethyl adjacent to an activating group) is 1. The molecule has 0 bridgehead atoms. The Morgan fingerprint density at radius 1 is 1.26 bits per heavy atom. The van der Waals surface area contributed by atoms with E-state index in [0.29, 0.717) is 12.5 Å². The van der Waals surface area contributed by atoms with E-state index < -0.39 is 6.10 Å². The molecule has 0 aromatic heterocycles. The molecule has 19 heavy (non-hydrogen) atoms. The minimum atomic E-state index is -0.494. The van der Waals surface area contributed by atoms with Gasteiger partial charge in [0.1, 0.15) is 0 Å². The molecule has 1 aliphatic heterocycles. The summed E-state index contributed by atoms with van der Waals surface area (Å²) < 4.78 is 10.6. The van der Waals surface area contributed by atoms with Gasteiger partial charge in [-0.05, 0) is 43.6 Å². The average molecular weight is 265 g/mol. The van der Waals surface area contributed by atoms with Crippen molar-refractivity contribution in [3.8, 4) is 11.5 Å². The molecule has 1 heterocycles. The summed E-state index contributed by atoms with van der Waals surface area (Å²) in [5, 5.41) is 10.2. The number of benzene rings is 1. The van der Waals surface area contributed by atoms with Gasteiger partial charge in [0.15, 0.2) is 11.5 Å². The highest BCUT2D eigenvalue weighted by atomic mass is 16.7. The van der Waals surface area contributed by atoms with Crippen molar-refractivity contribution in [2.24, 2.45) is 5.92 Å². The zero-order valence-electron chi connectivity index (χ0n) is 11.9. The summed E-state index contributed by atoms with van der Waals surface area (Å²) in [7, 11) is 2.04. The van der Waals surface area contributed by atoms with Crippen molar-refractivity contribution in [1.82, 2.24) is 4.90 Å². The molecule has 0 aliphatic carbocycles. The second kappa shape index (κ2) is 6.26. The first kappa shape index (κ1) is 14.2. The summed E-state index contributed by atoms with van der Waals surface area (Å²) in [5.74, 6) is 2.16. The Kier molecular flexibility index (Phi) is 4.66. The smallest absolute Gasteiger partial charge is 0.231 e. The molecule has 106 valence electrons. The number of hydrogen-bond donors (Lipinski definition) is 1. The van der Waals surface area contributed by atoms with Crippen LogP contribution in [-0.4, -0.2) is 36.9 Å². The predicted molar refractivity (Wildman–Crippen MR) is 74.5 cm³/mol. The Labute approximate surface area is 114 Å². The molecular formula is C15H23NO3. The third-order valence-corrected chi connectivity index (χ3v) is 3.35. The zero-order chi connectivity index (χ0) is 13.8. The Morgan fingerprint density at radius 2 is 2.00 bits per heavy atom. The minimum Gasteiger partial charge on any atom is -0.454 e. The van der Waals surface area contributed by atoms with Gasteiger partial charge in [0.2, 0.25) is 6.79 Å². The third kappa shape index (κ3) is 3.85. The predicted octanol–water partition coefficient (Wildman–Crippen LogP) is 2.43. The Balaban J connectivity index is 1.90. The Hall–Kier alpha value is -1.26. The monoisotopic (exact) mass is 265 g/mol. The molecular weight excluding hydrogens is 242 g/mol. The van der Waals surface area contributed by atoms with E-state index in [0.717, 1.165) is 30.0 Å². The van der Waals surface area contributed by atoms with Crippen molar-refractivity contribution < 1.29 is 14.6 Å². The van der Waals surface area contributed by atoms with Crippen LogP contribution in [0.5, 0.6) is 11.5 Å². The molecule has 0 amide bonds. The number of aliphatic hydroxyl groups is 1. The van der Waals surface area contributed by atoms with Crippen LogP contribution < -0.4 is 9.47 Å². The van der Waals surface area contributed by atoms with Crippen LogP contribution in [0.15, 0.2) is 18.2 Å². The maximum Gasteiger partial charge on any atom is 0.231 e. The van der Waals surface area contributed by atoms with Crippen LogP contribution in [0.1, 0.15) is 31.9 Å². The lowest BCUT2D eigenvalue weighted by Gasteiger charge is -2.21. The molecule has 1 aromatic rings. The van der Waals surface area contributed by atoms with Gasteiger partial charge in [-0.3, -0.25) is 0 Å². The molecule has 1 N–H and O–H groups in total. The fourth-order valence-corrected chi connectivity index (χ4v) is 2.09. The van der Waals surface area contributed by atoms with Crippen molar-refractivity contribution >= 4 is 0 Å². The summed E-state index contributed by atoms with van der Waals surface area (Å²) >= 11 is 0. The number of rotatable bonds is 6. The van der Waals surface area contributed by atoms with Crippen molar-refractivity contribution in [1.29, 1.82) is 0 Å². The van der Waals surface area contributed by atoms with Crippen molar-refractivity contribution in [2.75, 3.05) is 26.9 Å². The van der Waals surface area contributed by atoms with E-state index in [1.165, 1.54) is 0 Å². The summed E-state index contributed by atoms with van der Waals surface area (Å²) in [6, 6.07) is 5.62. The number of aliphatic hydroxyl groups excluding tert-OH is 1. The third-order valence-electron chi connectivity index (χ3n) is 3.35. The fraction of sp³-hybridized carbons (Fsp3) is 0.600. The highest BCUT2D eigenvalue weighted by Gasteiger charge is 2.17. The number of nitrogens with zero attached hydrogens (tertiary/aromatic N) is 1. The second-order valence-corrected chi connectivity index (χ2v) is 5.57. The van der Waals surface area contributed by atoms with Gasteiger partial charge in [0.25, 0.3) is 0 Å². The standard InChI is InChI=1S/C15H23NO3/c1-11(2)6-7-16(3)9-13(17)12-4-5-14-15(8-12)19-10-18-14/h4-5,8,11,13,17H,6-7,9-10H2,1-3H3. The maximum absolute atomic E-state index is 10.2. The van der Waals surface area contributed by atoms with Crippen molar-refractivity contribution in [3.63, 3.8) is 0 Å². The lowest BCUT2D eigenvalue weighted by molar-refractivity contribution is 0.124. The molecule has 1 aromatic carbocycles. The quantitative estimate of drug-likeness (QED) is 0.857. The van der Waals surface area contributed by atoms with E-state index in [4.69, 9.17) is 9.47 Å². The highest BCUT2D eigenvalue weighted by molar-refractivity contribution is 5.45. The van der Waals surface area contributed by atoms with E-state index in [1.54, 1.807) is 0 Å². The van der Waals surface area contributed by atoms with Gasteiger partial charge < -0.3 is 19.5 Å². The topological polar surface area (TPSA) is 41.9 Å². The highest BCUT2D eigenvalue weighted by Crippen LogP contribution is 2.34. The number of ether oxygens (including phenoxy) is 2. The molecule has 2 rings (SSSR count). The maximum atomic E-state index is 10.2. The first-order valence-electron chi connectivity index (χ1n) is 6.82. The lowest BCUT2D eigenvalue weighted by atomic mass is 10.1. The van der Waals surface area contributed by atoms with Crippen LogP contribution in [0.4, 0.5) is 0 Å². The fourth-order valence-electron chi connectivity index (χ4n) is 2.09. The molecule has 0 saturated heterocycles. The molecule has 1 aliphatic rings. The Bertz CT molecular complexity index is 420. The number of hydrogen-bond acceptors (Lipinski definition) is 4. The van der Waals surface area contributed by atoms with E-state index in [2.05, 4.69) is 18.7 Å². The van der Waals surface area contributed by atoms with Gasteiger partial charge in [-0.2, -0.15) is 0 Å². The van der Waals surface area contributed by atoms with E-state index in [1.807, 2.05) is 25.2 Å². The Morgan fingerprint density at radius 3 is 2.74 bits per heavy atom. The summed E-state index contributed by atoms with van der Waals surface area (Å²) in [5.41, 5.74) is 0.876. The van der Waals surface area contributed by atoms with Crippen LogP contribution in [0.2, 0.25) is 0 Å². The molecule has 0 fully saturated rings. The average Bonchev–Trinajstić information content (AvgIpc) is 2.83. The van der Waals surface area contributed by atoms with Crippen LogP contribution >= 0.6 is 0 Å². The van der Waals surface area contributed by atoms with Gasteiger partial charge >= 0.3 is 0 Å². The molecule has 1 atom stereocenters. The SMILES string of the molecule is CC(C)CCN(C)CC(O)c1ccc2c(c1)OCO2. The second-order valence-electron chi connectivity index (χ2n) is 5.57. The minimum absolute atomic E-state index is 0.267. The van der Waals surface area contributed by atoms with Crippen LogP contribution in [0.25, 0.3) is 0 Å². The van der Waals surface area contributed by atoms with Crippen LogP contribution in [0, 0.1) is 5.92 Å². The molecule has 1 unspecified atom stereocenters. The first-order chi connectivity index (χ1) is 9.06. The summed E-state index contributed by atoms with van der Waals surface area (Å²) in [6.07, 6.45) is 0.649. The van der Waals surface area contributed by atoms with Gasteiger partial charge in [-0.15, -0.1) is 0 Å². The number of fused-ring (bicyclic) bond motifs is 1. The van der Waals surface area contributed by atoms with Crippen LogP contribution in [-0.2, 0) is 0 Å². The molecule has 0 saturated carbocycles. The van der Waals surface area contributed by atoms with Gasteiger partial charge in [-0.25, -0.2) is 0 Å².